The van der Waals surface area contributed by atoms with Crippen LogP contribution in [0.1, 0.15) is 36.3 Å². The van der Waals surface area contributed by atoms with Crippen molar-refractivity contribution >= 4 is 39.0 Å². The van der Waals surface area contributed by atoms with Gasteiger partial charge in [-0.1, -0.05) is 70.5 Å². The van der Waals surface area contributed by atoms with Gasteiger partial charge in [0.05, 0.1) is 0 Å². The number of amidine groups is 1. The number of aliphatic hydroxyl groups is 1. The Labute approximate surface area is 205 Å². The lowest BCUT2D eigenvalue weighted by molar-refractivity contribution is -0.116. The number of nitrogens with one attached hydrogen (secondary N) is 1. The molecule has 1 atom stereocenters. The molecule has 4 nitrogen and oxygen atoms in total. The minimum atomic E-state index is -0.875. The Bertz CT molecular complexity index is 1360. The molecule has 0 aromatic heterocycles. The molecule has 5 rings (SSSR count). The average Bonchev–Trinajstić information content (AvgIpc) is 2.84. The fourth-order valence-electron chi connectivity index (χ4n) is 4.86. The van der Waals surface area contributed by atoms with Crippen LogP contribution in [0.3, 0.4) is 0 Å². The fourth-order valence-corrected chi connectivity index (χ4v) is 5.25. The minimum absolute atomic E-state index is 0.0288. The van der Waals surface area contributed by atoms with Crippen molar-refractivity contribution < 1.29 is 14.3 Å². The smallest absolute Gasteiger partial charge is 0.161 e. The van der Waals surface area contributed by atoms with Crippen molar-refractivity contribution in [2.75, 3.05) is 4.90 Å². The Morgan fingerprint density at radius 3 is 2.47 bits per heavy atom. The molecule has 0 saturated heterocycles. The summed E-state index contributed by atoms with van der Waals surface area (Å²) in [5, 5.41) is 20.7. The molecule has 3 aromatic carbocycles. The van der Waals surface area contributed by atoms with E-state index < -0.39 is 11.7 Å². The first-order valence-electron chi connectivity index (χ1n) is 11.1. The molecule has 0 bridgehead atoms. The standard InChI is InChI=1S/C28H22BrFN2O2/c29-18-10-6-11-19(16-18)32-22-14-7-15-23(33)25(22)24(20-12-4-5-13-21(20)30)26(28(32)31)27(34)17-8-2-1-3-9-17/h1-6,8-13,16,24,31,34H,7,14-15H2/b27-26+,31-28?. The largest absolute Gasteiger partial charge is 0.507 e. The van der Waals surface area contributed by atoms with Crippen molar-refractivity contribution in [1.29, 1.82) is 5.41 Å². The number of halogens is 2. The third-order valence-corrected chi connectivity index (χ3v) is 6.83. The summed E-state index contributed by atoms with van der Waals surface area (Å²) in [6.45, 7) is 0. The van der Waals surface area contributed by atoms with E-state index in [0.29, 0.717) is 41.8 Å². The molecule has 3 aromatic rings. The zero-order valence-corrected chi connectivity index (χ0v) is 19.8. The summed E-state index contributed by atoms with van der Waals surface area (Å²) >= 11 is 3.50. The van der Waals surface area contributed by atoms with Crippen LogP contribution in [0, 0.1) is 11.2 Å². The van der Waals surface area contributed by atoms with Crippen LogP contribution in [0.2, 0.25) is 0 Å². The van der Waals surface area contributed by atoms with Crippen LogP contribution < -0.4 is 4.90 Å². The Morgan fingerprint density at radius 1 is 1.00 bits per heavy atom. The highest BCUT2D eigenvalue weighted by Gasteiger charge is 2.44. The van der Waals surface area contributed by atoms with Crippen LogP contribution >= 0.6 is 15.9 Å². The Kier molecular flexibility index (Phi) is 5.92. The first kappa shape index (κ1) is 22.3. The number of hydrogen-bond acceptors (Lipinski definition) is 3. The molecule has 0 saturated carbocycles. The van der Waals surface area contributed by atoms with Gasteiger partial charge in [0.2, 0.25) is 0 Å². The van der Waals surface area contributed by atoms with E-state index in [4.69, 9.17) is 0 Å². The number of carbonyl (C=O) groups is 1. The third kappa shape index (κ3) is 3.78. The molecule has 2 N–H and O–H groups in total. The van der Waals surface area contributed by atoms with Crippen LogP contribution in [0.5, 0.6) is 0 Å². The number of nitrogens with zero attached hydrogens (tertiary/aromatic N) is 1. The fraction of sp³-hybridized carbons (Fsp3) is 0.143. The van der Waals surface area contributed by atoms with Gasteiger partial charge in [-0.25, -0.2) is 4.39 Å². The van der Waals surface area contributed by atoms with Crippen LogP contribution in [-0.4, -0.2) is 16.7 Å². The van der Waals surface area contributed by atoms with E-state index in [2.05, 4.69) is 15.9 Å². The molecule has 1 heterocycles. The summed E-state index contributed by atoms with van der Waals surface area (Å²) in [5.41, 5.74) is 2.84. The normalized spacial score (nSPS) is 19.8. The lowest BCUT2D eigenvalue weighted by atomic mass is 9.73. The topological polar surface area (TPSA) is 64.4 Å². The van der Waals surface area contributed by atoms with Gasteiger partial charge in [-0.15, -0.1) is 0 Å². The number of ketones is 1. The highest BCUT2D eigenvalue weighted by Crippen LogP contribution is 2.48. The number of benzene rings is 3. The molecule has 0 spiro atoms. The molecular weight excluding hydrogens is 495 g/mol. The van der Waals surface area contributed by atoms with Crippen molar-refractivity contribution in [3.63, 3.8) is 0 Å². The molecule has 0 amide bonds. The van der Waals surface area contributed by atoms with Gasteiger partial charge in [-0.2, -0.15) is 0 Å². The van der Waals surface area contributed by atoms with E-state index in [1.54, 1.807) is 47.4 Å². The zero-order valence-electron chi connectivity index (χ0n) is 18.3. The second-order valence-corrected chi connectivity index (χ2v) is 9.30. The Hall–Kier alpha value is -3.51. The van der Waals surface area contributed by atoms with Crippen molar-refractivity contribution in [2.45, 2.75) is 25.2 Å². The lowest BCUT2D eigenvalue weighted by Gasteiger charge is -2.41. The van der Waals surface area contributed by atoms with E-state index in [1.807, 2.05) is 30.3 Å². The van der Waals surface area contributed by atoms with Crippen molar-refractivity contribution in [3.05, 3.63) is 117 Å². The number of carbonyl (C=O) groups excluding carboxylic acids is 1. The first-order chi connectivity index (χ1) is 16.5. The first-order valence-corrected chi connectivity index (χ1v) is 11.9. The number of hydrogen-bond donors (Lipinski definition) is 2. The highest BCUT2D eigenvalue weighted by atomic mass is 79.9. The summed E-state index contributed by atoms with van der Waals surface area (Å²) in [5.74, 6) is -1.54. The van der Waals surface area contributed by atoms with Crippen molar-refractivity contribution in [1.82, 2.24) is 0 Å². The number of rotatable bonds is 3. The molecule has 1 aliphatic heterocycles. The number of anilines is 1. The molecule has 0 radical (unpaired) electrons. The summed E-state index contributed by atoms with van der Waals surface area (Å²) < 4.78 is 16.0. The average molecular weight is 517 g/mol. The Morgan fingerprint density at radius 2 is 1.74 bits per heavy atom. The van der Waals surface area contributed by atoms with E-state index in [1.165, 1.54) is 6.07 Å². The lowest BCUT2D eigenvalue weighted by Crippen LogP contribution is -2.42. The SMILES string of the molecule is N=C1/C(=C(/O)c2ccccc2)C(c2ccccc2F)C2=C(CCCC2=O)N1c1cccc(Br)c1. The van der Waals surface area contributed by atoms with Crippen molar-refractivity contribution in [2.24, 2.45) is 0 Å². The van der Waals surface area contributed by atoms with Crippen LogP contribution in [-0.2, 0) is 4.79 Å². The number of Topliss-reactive ketones (excluding diaryl/α,β-unsaturated/α-hetero) is 1. The van der Waals surface area contributed by atoms with Gasteiger partial charge in [0.15, 0.2) is 5.78 Å². The van der Waals surface area contributed by atoms with E-state index >= 15 is 4.39 Å². The van der Waals surface area contributed by atoms with Gasteiger partial charge in [-0.3, -0.25) is 15.1 Å². The second-order valence-electron chi connectivity index (χ2n) is 8.38. The Balaban J connectivity index is 1.86. The van der Waals surface area contributed by atoms with Gasteiger partial charge in [0.25, 0.3) is 0 Å². The van der Waals surface area contributed by atoms with Crippen LogP contribution in [0.25, 0.3) is 5.76 Å². The maximum absolute atomic E-state index is 15.2. The van der Waals surface area contributed by atoms with Gasteiger partial charge in [0, 0.05) is 50.5 Å². The molecule has 1 unspecified atom stereocenters. The molecular formula is C28H22BrFN2O2. The minimum Gasteiger partial charge on any atom is -0.507 e. The van der Waals surface area contributed by atoms with Gasteiger partial charge >= 0.3 is 0 Å². The van der Waals surface area contributed by atoms with E-state index in [0.717, 1.165) is 4.47 Å². The summed E-state index contributed by atoms with van der Waals surface area (Å²) in [7, 11) is 0. The predicted octanol–water partition coefficient (Wildman–Crippen LogP) is 7.15. The van der Waals surface area contributed by atoms with E-state index in [9.17, 15) is 15.3 Å². The highest BCUT2D eigenvalue weighted by molar-refractivity contribution is 9.10. The van der Waals surface area contributed by atoms with Gasteiger partial charge in [0.1, 0.15) is 17.4 Å². The van der Waals surface area contributed by atoms with Gasteiger partial charge < -0.3 is 5.11 Å². The monoisotopic (exact) mass is 516 g/mol. The molecule has 6 heteroatoms. The van der Waals surface area contributed by atoms with Gasteiger partial charge in [-0.05, 0) is 37.1 Å². The van der Waals surface area contributed by atoms with Crippen LogP contribution in [0.15, 0.2) is 100 Å². The third-order valence-electron chi connectivity index (χ3n) is 6.34. The van der Waals surface area contributed by atoms with E-state index in [-0.39, 0.29) is 28.5 Å². The molecule has 34 heavy (non-hydrogen) atoms. The number of allylic oxidation sites excluding steroid dienone is 2. The zero-order chi connectivity index (χ0) is 23.8. The molecule has 0 fully saturated rings. The van der Waals surface area contributed by atoms with Crippen molar-refractivity contribution in [3.8, 4) is 0 Å². The summed E-state index contributed by atoms with van der Waals surface area (Å²) in [6.07, 6.45) is 1.59. The second kappa shape index (κ2) is 9.03. The molecule has 1 aliphatic carbocycles. The maximum Gasteiger partial charge on any atom is 0.161 e. The number of aliphatic hydroxyl groups excluding tert-OH is 1. The molecule has 2 aliphatic rings. The molecule has 170 valence electrons. The quantitative estimate of drug-likeness (QED) is 0.363. The summed E-state index contributed by atoms with van der Waals surface area (Å²) in [6, 6.07) is 22.7. The summed E-state index contributed by atoms with van der Waals surface area (Å²) in [4.78, 5) is 15.1. The van der Waals surface area contributed by atoms with Crippen LogP contribution in [0.4, 0.5) is 10.1 Å². The predicted molar refractivity (Wildman–Crippen MR) is 135 cm³/mol. The maximum atomic E-state index is 15.2.